The summed E-state index contributed by atoms with van der Waals surface area (Å²) in [4.78, 5) is 0. The molecule has 0 atom stereocenters. The number of hydrogen-bond donors (Lipinski definition) is 0. The third-order valence-electron chi connectivity index (χ3n) is 5.19. The van der Waals surface area contributed by atoms with Gasteiger partial charge in [0, 0.05) is 4.70 Å². The Labute approximate surface area is 138 Å². The fourth-order valence-electron chi connectivity index (χ4n) is 3.08. The lowest BCUT2D eigenvalue weighted by atomic mass is 9.66. The van der Waals surface area contributed by atoms with E-state index in [1.165, 1.54) is 15.6 Å². The van der Waals surface area contributed by atoms with Gasteiger partial charge in [0.2, 0.25) is 0 Å². The second-order valence-electron chi connectivity index (χ2n) is 7.92. The molecule has 4 heteroatoms. The third kappa shape index (κ3) is 2.62. The number of benzene rings is 1. The molecule has 0 N–H and O–H groups in total. The van der Waals surface area contributed by atoms with E-state index in [4.69, 9.17) is 9.31 Å². The SMILES string of the molecule is CC(C)(CB1OC(C)(C)C(C)(C)O1)c1csc2ccccc12. The fraction of sp³-hybridized carbons (Fsp3) is 0.556. The van der Waals surface area contributed by atoms with Gasteiger partial charge in [0.05, 0.1) is 11.2 Å². The quantitative estimate of drug-likeness (QED) is 0.718. The van der Waals surface area contributed by atoms with Gasteiger partial charge in [0.1, 0.15) is 0 Å². The zero-order valence-electron chi connectivity index (χ0n) is 14.4. The highest BCUT2D eigenvalue weighted by Crippen LogP contribution is 2.43. The molecule has 1 aromatic heterocycles. The molecule has 0 bridgehead atoms. The van der Waals surface area contributed by atoms with Crippen LogP contribution in [0.25, 0.3) is 10.1 Å². The van der Waals surface area contributed by atoms with Gasteiger partial charge in [-0.15, -0.1) is 11.3 Å². The summed E-state index contributed by atoms with van der Waals surface area (Å²) in [5, 5.41) is 3.64. The van der Waals surface area contributed by atoms with Gasteiger partial charge in [-0.25, -0.2) is 0 Å². The van der Waals surface area contributed by atoms with Crippen LogP contribution in [0, 0.1) is 0 Å². The monoisotopic (exact) mass is 316 g/mol. The summed E-state index contributed by atoms with van der Waals surface area (Å²) >= 11 is 1.82. The number of rotatable bonds is 3. The molecule has 1 aliphatic rings. The summed E-state index contributed by atoms with van der Waals surface area (Å²) in [6.45, 7) is 13.0. The number of fused-ring (bicyclic) bond motifs is 1. The lowest BCUT2D eigenvalue weighted by Gasteiger charge is -2.32. The van der Waals surface area contributed by atoms with Crippen LogP contribution in [0.2, 0.25) is 6.32 Å². The van der Waals surface area contributed by atoms with Crippen molar-refractivity contribution in [2.24, 2.45) is 0 Å². The minimum Gasteiger partial charge on any atom is -0.403 e. The first-order valence-corrected chi connectivity index (χ1v) is 8.83. The summed E-state index contributed by atoms with van der Waals surface area (Å²) < 4.78 is 13.7. The Hall–Kier alpha value is -0.835. The molecule has 1 fully saturated rings. The molecule has 2 nitrogen and oxygen atoms in total. The van der Waals surface area contributed by atoms with Crippen molar-refractivity contribution in [3.05, 3.63) is 35.2 Å². The van der Waals surface area contributed by atoms with Crippen molar-refractivity contribution in [2.75, 3.05) is 0 Å². The van der Waals surface area contributed by atoms with E-state index in [0.717, 1.165) is 6.32 Å². The highest BCUT2D eigenvalue weighted by molar-refractivity contribution is 7.17. The molecule has 0 unspecified atom stereocenters. The maximum atomic E-state index is 6.19. The van der Waals surface area contributed by atoms with E-state index >= 15 is 0 Å². The zero-order valence-corrected chi connectivity index (χ0v) is 15.2. The van der Waals surface area contributed by atoms with Gasteiger partial charge in [-0.05, 0) is 61.8 Å². The minimum atomic E-state index is -0.259. The highest BCUT2D eigenvalue weighted by Gasteiger charge is 2.52. The molecule has 2 heterocycles. The number of thiophene rings is 1. The molecule has 0 radical (unpaired) electrons. The van der Waals surface area contributed by atoms with Crippen molar-refractivity contribution in [3.8, 4) is 0 Å². The van der Waals surface area contributed by atoms with Crippen LogP contribution < -0.4 is 0 Å². The van der Waals surface area contributed by atoms with Crippen LogP contribution in [0.3, 0.4) is 0 Å². The maximum Gasteiger partial charge on any atom is 0.458 e. The topological polar surface area (TPSA) is 18.5 Å². The summed E-state index contributed by atoms with van der Waals surface area (Å²) in [6, 6.07) is 8.62. The Kier molecular flexibility index (Phi) is 3.71. The molecule has 0 spiro atoms. The molecule has 2 aromatic rings. The van der Waals surface area contributed by atoms with Gasteiger partial charge < -0.3 is 9.31 Å². The molecule has 1 aromatic carbocycles. The van der Waals surface area contributed by atoms with Crippen LogP contribution in [0.15, 0.2) is 29.6 Å². The fourth-order valence-corrected chi connectivity index (χ4v) is 4.23. The predicted molar refractivity (Wildman–Crippen MR) is 95.7 cm³/mol. The van der Waals surface area contributed by atoms with Crippen molar-refractivity contribution in [3.63, 3.8) is 0 Å². The molecule has 0 aliphatic carbocycles. The second kappa shape index (κ2) is 5.08. The Morgan fingerprint density at radius 2 is 1.64 bits per heavy atom. The molecule has 1 saturated heterocycles. The van der Waals surface area contributed by atoms with Crippen molar-refractivity contribution in [1.82, 2.24) is 0 Å². The van der Waals surface area contributed by atoms with E-state index in [-0.39, 0.29) is 23.7 Å². The lowest BCUT2D eigenvalue weighted by molar-refractivity contribution is 0.00578. The molecule has 22 heavy (non-hydrogen) atoms. The number of hydrogen-bond acceptors (Lipinski definition) is 3. The van der Waals surface area contributed by atoms with Gasteiger partial charge in [-0.1, -0.05) is 32.0 Å². The average Bonchev–Trinajstić information content (AvgIpc) is 2.88. The van der Waals surface area contributed by atoms with E-state index in [2.05, 4.69) is 71.2 Å². The molecule has 118 valence electrons. The van der Waals surface area contributed by atoms with Crippen molar-refractivity contribution in [2.45, 2.75) is 64.5 Å². The summed E-state index contributed by atoms with van der Waals surface area (Å²) in [7, 11) is -0.154. The van der Waals surface area contributed by atoms with E-state index in [1.54, 1.807) is 0 Å². The minimum absolute atomic E-state index is 0.0147. The van der Waals surface area contributed by atoms with E-state index < -0.39 is 0 Å². The summed E-state index contributed by atoms with van der Waals surface area (Å²) in [5.74, 6) is 0. The normalized spacial score (nSPS) is 20.7. The van der Waals surface area contributed by atoms with E-state index in [9.17, 15) is 0 Å². The Morgan fingerprint density at radius 1 is 1.05 bits per heavy atom. The van der Waals surface area contributed by atoms with E-state index in [1.807, 2.05) is 11.3 Å². The Morgan fingerprint density at radius 3 is 2.27 bits per heavy atom. The van der Waals surface area contributed by atoms with Crippen LogP contribution in [0.1, 0.15) is 47.1 Å². The molecule has 0 amide bonds. The van der Waals surface area contributed by atoms with Crippen LogP contribution in [0.4, 0.5) is 0 Å². The van der Waals surface area contributed by atoms with Crippen molar-refractivity contribution in [1.29, 1.82) is 0 Å². The third-order valence-corrected chi connectivity index (χ3v) is 6.15. The molecule has 0 saturated carbocycles. The van der Waals surface area contributed by atoms with Gasteiger partial charge in [0.25, 0.3) is 0 Å². The molecular weight excluding hydrogens is 291 g/mol. The van der Waals surface area contributed by atoms with Gasteiger partial charge >= 0.3 is 7.12 Å². The molecule has 1 aliphatic heterocycles. The first-order valence-electron chi connectivity index (χ1n) is 7.95. The standard InChI is InChI=1S/C18H25BO2S/c1-16(2,12-19-20-17(3,4)18(5,6)21-19)14-11-22-15-10-8-7-9-13(14)15/h7-11H,12H2,1-6H3. The first kappa shape index (κ1) is 16.0. The average molecular weight is 316 g/mol. The molecule has 3 rings (SSSR count). The molecular formula is C18H25BO2S. The predicted octanol–water partition coefficient (Wildman–Crippen LogP) is 5.27. The smallest absolute Gasteiger partial charge is 0.403 e. The second-order valence-corrected chi connectivity index (χ2v) is 8.83. The zero-order chi connectivity index (χ0) is 16.2. The largest absolute Gasteiger partial charge is 0.458 e. The van der Waals surface area contributed by atoms with Crippen molar-refractivity contribution >= 4 is 28.5 Å². The Bertz CT molecular complexity index is 671. The van der Waals surface area contributed by atoms with Crippen LogP contribution in [-0.4, -0.2) is 18.3 Å². The maximum absolute atomic E-state index is 6.19. The van der Waals surface area contributed by atoms with Gasteiger partial charge in [-0.3, -0.25) is 0 Å². The van der Waals surface area contributed by atoms with Gasteiger partial charge in [-0.2, -0.15) is 0 Å². The first-order chi connectivity index (χ1) is 10.1. The van der Waals surface area contributed by atoms with Gasteiger partial charge in [0.15, 0.2) is 0 Å². The highest BCUT2D eigenvalue weighted by atomic mass is 32.1. The van der Waals surface area contributed by atoms with E-state index in [0.29, 0.717) is 0 Å². The summed E-state index contributed by atoms with van der Waals surface area (Å²) in [6.07, 6.45) is 0.862. The lowest BCUT2D eigenvalue weighted by Crippen LogP contribution is -2.41. The Balaban J connectivity index is 1.86. The summed E-state index contributed by atoms with van der Waals surface area (Å²) in [5.41, 5.74) is 0.887. The van der Waals surface area contributed by atoms with Crippen LogP contribution in [0.5, 0.6) is 0 Å². The van der Waals surface area contributed by atoms with Crippen LogP contribution in [-0.2, 0) is 14.7 Å². The van der Waals surface area contributed by atoms with Crippen LogP contribution >= 0.6 is 11.3 Å². The van der Waals surface area contributed by atoms with Crippen molar-refractivity contribution < 1.29 is 9.31 Å².